The number of thiazole rings is 1. The molecule has 1 saturated heterocycles. The van der Waals surface area contributed by atoms with E-state index in [1.165, 1.54) is 16.9 Å². The molecule has 0 radical (unpaired) electrons. The van der Waals surface area contributed by atoms with Gasteiger partial charge in [0.05, 0.1) is 12.3 Å². The Morgan fingerprint density at radius 2 is 2.36 bits per heavy atom. The maximum Gasteiger partial charge on any atom is 0.266 e. The number of hydrogen-bond acceptors (Lipinski definition) is 5. The molecule has 0 N–H and O–H groups in total. The molecule has 4 nitrogen and oxygen atoms in total. The van der Waals surface area contributed by atoms with Crippen LogP contribution in [0.1, 0.15) is 45.2 Å². The van der Waals surface area contributed by atoms with Crippen molar-refractivity contribution in [2.24, 2.45) is 0 Å². The number of methoxy groups -OCH3 is 1. The molecule has 0 bridgehead atoms. The first-order valence-corrected chi connectivity index (χ1v) is 9.14. The third-order valence-corrected chi connectivity index (χ3v) is 5.97. The Labute approximate surface area is 138 Å². The van der Waals surface area contributed by atoms with Gasteiger partial charge in [-0.1, -0.05) is 0 Å². The fraction of sp³-hybridized carbons (Fsp3) is 0.500. The number of hydrogen-bond donors (Lipinski definition) is 0. The van der Waals surface area contributed by atoms with Crippen LogP contribution in [0.15, 0.2) is 16.8 Å². The minimum Gasteiger partial charge on any atom is -0.378 e. The summed E-state index contributed by atoms with van der Waals surface area (Å²) >= 11 is 3.17. The van der Waals surface area contributed by atoms with Gasteiger partial charge in [-0.05, 0) is 42.7 Å². The molecule has 1 fully saturated rings. The Kier molecular flexibility index (Phi) is 4.61. The normalized spacial score (nSPS) is 21.5. The van der Waals surface area contributed by atoms with Gasteiger partial charge in [-0.25, -0.2) is 4.98 Å². The maximum absolute atomic E-state index is 12.9. The number of nitrogens with zero attached hydrogens (tertiary/aromatic N) is 2. The maximum atomic E-state index is 12.9. The predicted octanol–water partition coefficient (Wildman–Crippen LogP) is 3.68. The Hall–Kier alpha value is -1.24. The van der Waals surface area contributed by atoms with E-state index in [0.29, 0.717) is 12.5 Å². The Balaban J connectivity index is 1.77. The lowest BCUT2D eigenvalue weighted by molar-refractivity contribution is 0.0750. The van der Waals surface area contributed by atoms with Gasteiger partial charge in [-0.2, -0.15) is 11.3 Å². The van der Waals surface area contributed by atoms with Gasteiger partial charge in [-0.15, -0.1) is 11.3 Å². The second kappa shape index (κ2) is 6.48. The largest absolute Gasteiger partial charge is 0.378 e. The molecule has 118 valence electrons. The predicted molar refractivity (Wildman–Crippen MR) is 89.7 cm³/mol. The average Bonchev–Trinajstić information content (AvgIpc) is 3.18. The molecule has 1 amide bonds. The molecule has 1 aliphatic rings. The van der Waals surface area contributed by atoms with Gasteiger partial charge in [0.1, 0.15) is 9.88 Å². The topological polar surface area (TPSA) is 42.4 Å². The van der Waals surface area contributed by atoms with Crippen molar-refractivity contribution in [2.75, 3.05) is 13.7 Å². The molecule has 6 heteroatoms. The van der Waals surface area contributed by atoms with Crippen LogP contribution in [0.4, 0.5) is 0 Å². The minimum absolute atomic E-state index is 0.114. The standard InChI is InChI=1S/C16H20N2O2S2/c1-10-6-13(12-4-5-21-9-12)7-18(10)16(19)15-11(2)17-14(22-15)8-20-3/h4-5,9-10,13H,6-8H2,1-3H3/t10-,13-/m0/s1. The van der Waals surface area contributed by atoms with Gasteiger partial charge in [0.2, 0.25) is 0 Å². The van der Waals surface area contributed by atoms with Crippen LogP contribution in [0.5, 0.6) is 0 Å². The Bertz CT molecular complexity index is 651. The van der Waals surface area contributed by atoms with Crippen LogP contribution < -0.4 is 0 Å². The first-order valence-electron chi connectivity index (χ1n) is 7.38. The fourth-order valence-corrected chi connectivity index (χ4v) is 4.76. The molecule has 1 aliphatic heterocycles. The quantitative estimate of drug-likeness (QED) is 0.855. The van der Waals surface area contributed by atoms with E-state index >= 15 is 0 Å². The zero-order valence-electron chi connectivity index (χ0n) is 13.0. The molecule has 0 spiro atoms. The van der Waals surface area contributed by atoms with E-state index in [9.17, 15) is 4.79 Å². The van der Waals surface area contributed by atoms with Crippen LogP contribution in [0, 0.1) is 6.92 Å². The molecule has 3 heterocycles. The summed E-state index contributed by atoms with van der Waals surface area (Å²) in [7, 11) is 1.65. The first kappa shape index (κ1) is 15.6. The zero-order chi connectivity index (χ0) is 15.7. The highest BCUT2D eigenvalue weighted by Crippen LogP contribution is 2.34. The molecule has 0 aromatic carbocycles. The monoisotopic (exact) mass is 336 g/mol. The van der Waals surface area contributed by atoms with Crippen molar-refractivity contribution in [3.63, 3.8) is 0 Å². The van der Waals surface area contributed by atoms with E-state index in [4.69, 9.17) is 4.74 Å². The number of carbonyl (C=O) groups is 1. The van der Waals surface area contributed by atoms with Gasteiger partial charge in [0, 0.05) is 25.6 Å². The summed E-state index contributed by atoms with van der Waals surface area (Å²) in [4.78, 5) is 20.1. The summed E-state index contributed by atoms with van der Waals surface area (Å²) < 4.78 is 5.11. The molecule has 0 aliphatic carbocycles. The second-order valence-electron chi connectivity index (χ2n) is 5.75. The molecule has 2 atom stereocenters. The van der Waals surface area contributed by atoms with E-state index < -0.39 is 0 Å². The molecule has 2 aromatic heterocycles. The summed E-state index contributed by atoms with van der Waals surface area (Å²) in [6, 6.07) is 2.44. The number of amides is 1. The number of ether oxygens (including phenoxy) is 1. The molecule has 22 heavy (non-hydrogen) atoms. The summed E-state index contributed by atoms with van der Waals surface area (Å²) in [5, 5.41) is 5.17. The van der Waals surface area contributed by atoms with Crippen molar-refractivity contribution in [3.8, 4) is 0 Å². The van der Waals surface area contributed by atoms with Crippen molar-refractivity contribution in [1.29, 1.82) is 0 Å². The van der Waals surface area contributed by atoms with Gasteiger partial charge >= 0.3 is 0 Å². The van der Waals surface area contributed by atoms with Gasteiger partial charge in [-0.3, -0.25) is 4.79 Å². The van der Waals surface area contributed by atoms with Crippen molar-refractivity contribution in [1.82, 2.24) is 9.88 Å². The third-order valence-electron chi connectivity index (χ3n) is 4.15. The number of rotatable bonds is 4. The summed E-state index contributed by atoms with van der Waals surface area (Å²) in [6.45, 7) is 5.30. The molecular formula is C16H20N2O2S2. The molecule has 0 saturated carbocycles. The van der Waals surface area contributed by atoms with Crippen LogP contribution in [-0.2, 0) is 11.3 Å². The van der Waals surface area contributed by atoms with Crippen LogP contribution >= 0.6 is 22.7 Å². The van der Waals surface area contributed by atoms with Crippen molar-refractivity contribution in [2.45, 2.75) is 38.8 Å². The highest BCUT2D eigenvalue weighted by atomic mass is 32.1. The first-order chi connectivity index (χ1) is 10.6. The van der Waals surface area contributed by atoms with Gasteiger partial charge in [0.15, 0.2) is 0 Å². The number of likely N-dealkylation sites (tertiary alicyclic amines) is 1. The van der Waals surface area contributed by atoms with Crippen LogP contribution in [-0.4, -0.2) is 35.5 Å². The lowest BCUT2D eigenvalue weighted by Crippen LogP contribution is -2.33. The van der Waals surface area contributed by atoms with E-state index in [1.807, 2.05) is 11.8 Å². The van der Waals surface area contributed by atoms with Crippen LogP contribution in [0.3, 0.4) is 0 Å². The third kappa shape index (κ3) is 2.95. The molecular weight excluding hydrogens is 316 g/mol. The number of aryl methyl sites for hydroxylation is 1. The highest BCUT2D eigenvalue weighted by Gasteiger charge is 2.35. The lowest BCUT2D eigenvalue weighted by atomic mass is 10.00. The molecule has 2 aromatic rings. The van der Waals surface area contributed by atoms with Crippen molar-refractivity contribution >= 4 is 28.6 Å². The number of thiophene rings is 1. The molecule has 3 rings (SSSR count). The average molecular weight is 336 g/mol. The fourth-order valence-electron chi connectivity index (χ4n) is 3.03. The summed E-state index contributed by atoms with van der Waals surface area (Å²) in [5.41, 5.74) is 2.17. The van der Waals surface area contributed by atoms with E-state index in [2.05, 4.69) is 28.7 Å². The number of carbonyl (C=O) groups excluding carboxylic acids is 1. The van der Waals surface area contributed by atoms with Gasteiger partial charge < -0.3 is 9.64 Å². The van der Waals surface area contributed by atoms with Crippen molar-refractivity contribution in [3.05, 3.63) is 38.0 Å². The Morgan fingerprint density at radius 1 is 1.55 bits per heavy atom. The minimum atomic E-state index is 0.114. The van der Waals surface area contributed by atoms with E-state index in [0.717, 1.165) is 28.5 Å². The van der Waals surface area contributed by atoms with Crippen LogP contribution in [0.25, 0.3) is 0 Å². The van der Waals surface area contributed by atoms with Crippen LogP contribution in [0.2, 0.25) is 0 Å². The van der Waals surface area contributed by atoms with Gasteiger partial charge in [0.25, 0.3) is 5.91 Å². The second-order valence-corrected chi connectivity index (χ2v) is 7.61. The number of aromatic nitrogens is 1. The zero-order valence-corrected chi connectivity index (χ0v) is 14.7. The summed E-state index contributed by atoms with van der Waals surface area (Å²) in [6.07, 6.45) is 1.03. The van der Waals surface area contributed by atoms with Crippen molar-refractivity contribution < 1.29 is 9.53 Å². The lowest BCUT2D eigenvalue weighted by Gasteiger charge is -2.20. The summed E-state index contributed by atoms with van der Waals surface area (Å²) in [5.74, 6) is 0.569. The smallest absolute Gasteiger partial charge is 0.266 e. The SMILES string of the molecule is COCc1nc(C)c(C(=O)N2C[C@@H](c3ccsc3)C[C@@H]2C)s1. The Morgan fingerprint density at radius 3 is 3.05 bits per heavy atom. The highest BCUT2D eigenvalue weighted by molar-refractivity contribution is 7.13. The van der Waals surface area contributed by atoms with E-state index in [1.54, 1.807) is 18.4 Å². The molecule has 0 unspecified atom stereocenters. The van der Waals surface area contributed by atoms with E-state index in [-0.39, 0.29) is 11.9 Å².